The van der Waals surface area contributed by atoms with Gasteiger partial charge in [0.25, 0.3) is 0 Å². The largest absolute Gasteiger partial charge is 0.363 e. The van der Waals surface area contributed by atoms with Crippen LogP contribution in [-0.4, -0.2) is 15.6 Å². The number of aromatic nitrogens is 2. The van der Waals surface area contributed by atoms with Gasteiger partial charge >= 0.3 is 0 Å². The topological polar surface area (TPSA) is 46.9 Å². The number of carbonyl (C=O) groups excluding carboxylic acids is 1. The van der Waals surface area contributed by atoms with Gasteiger partial charge in [0.05, 0.1) is 22.8 Å². The first-order chi connectivity index (χ1) is 16.2. The van der Waals surface area contributed by atoms with Gasteiger partial charge in [-0.05, 0) is 63.1 Å². The van der Waals surface area contributed by atoms with E-state index in [1.807, 2.05) is 17.7 Å². The fraction of sp³-hybridized carbons (Fsp3) is 0.467. The number of hydrogen-bond donors (Lipinski definition) is 1. The summed E-state index contributed by atoms with van der Waals surface area (Å²) >= 11 is 0. The van der Waals surface area contributed by atoms with E-state index in [1.165, 1.54) is 16.7 Å². The number of nitrogens with one attached hydrogen (secondary N) is 1. The molecular weight excluding hydrogens is 418 g/mol. The highest BCUT2D eigenvalue weighted by molar-refractivity contribution is 6.02. The first-order valence-corrected chi connectivity index (χ1v) is 12.8. The third-order valence-corrected chi connectivity index (χ3v) is 7.96. The molecule has 0 unspecified atom stereocenters. The van der Waals surface area contributed by atoms with Gasteiger partial charge < -0.3 is 5.32 Å². The van der Waals surface area contributed by atoms with Crippen molar-refractivity contribution < 1.29 is 4.79 Å². The maximum absolute atomic E-state index is 14.0. The molecule has 0 spiro atoms. The summed E-state index contributed by atoms with van der Waals surface area (Å²) in [5.74, 6) is 1.05. The second kappa shape index (κ2) is 9.40. The van der Waals surface area contributed by atoms with E-state index in [-0.39, 0.29) is 22.8 Å². The van der Waals surface area contributed by atoms with Gasteiger partial charge in [0.15, 0.2) is 5.78 Å². The van der Waals surface area contributed by atoms with Gasteiger partial charge in [-0.1, -0.05) is 75.4 Å². The summed E-state index contributed by atoms with van der Waals surface area (Å²) in [5, 5.41) is 8.56. The molecule has 1 N–H and O–H groups in total. The molecular formula is C30H39N3O. The Kier molecular flexibility index (Phi) is 6.71. The minimum atomic E-state index is -0.188. The average Bonchev–Trinajstić information content (AvgIpc) is 3.20. The van der Waals surface area contributed by atoms with Crippen LogP contribution in [0.25, 0.3) is 0 Å². The normalized spacial score (nSPS) is 17.2. The number of carbonyl (C=O) groups is 1. The van der Waals surface area contributed by atoms with Crippen LogP contribution in [0.15, 0.2) is 54.6 Å². The van der Waals surface area contributed by atoms with E-state index in [2.05, 4.69) is 88.5 Å². The van der Waals surface area contributed by atoms with Crippen LogP contribution in [0.2, 0.25) is 0 Å². The molecule has 4 rings (SSSR count). The van der Waals surface area contributed by atoms with Crippen LogP contribution < -0.4 is 5.32 Å². The molecule has 2 heterocycles. The predicted octanol–water partition coefficient (Wildman–Crippen LogP) is 7.38. The number of hydrogen-bond acceptors (Lipinski definition) is 3. The van der Waals surface area contributed by atoms with E-state index in [4.69, 9.17) is 5.10 Å². The number of rotatable bonds is 8. The van der Waals surface area contributed by atoms with Gasteiger partial charge in [0.2, 0.25) is 0 Å². The second-order valence-corrected chi connectivity index (χ2v) is 10.5. The third-order valence-electron chi connectivity index (χ3n) is 7.96. The van der Waals surface area contributed by atoms with Gasteiger partial charge in [-0.15, -0.1) is 0 Å². The number of fused-ring (bicyclic) bond motifs is 1. The molecule has 180 valence electrons. The van der Waals surface area contributed by atoms with Crippen LogP contribution in [0, 0.1) is 6.92 Å². The Bertz CT molecular complexity index is 1140. The highest BCUT2D eigenvalue weighted by Gasteiger charge is 2.39. The van der Waals surface area contributed by atoms with Crippen LogP contribution in [0.3, 0.4) is 0 Å². The molecule has 4 heteroatoms. The molecule has 1 atom stereocenters. The maximum Gasteiger partial charge on any atom is 0.169 e. The number of benzene rings is 2. The smallest absolute Gasteiger partial charge is 0.169 e. The molecule has 0 saturated carbocycles. The van der Waals surface area contributed by atoms with Gasteiger partial charge in [-0.3, -0.25) is 4.79 Å². The number of aryl methyl sites for hydroxylation is 2. The lowest BCUT2D eigenvalue weighted by molar-refractivity contribution is 0.0944. The molecule has 1 aliphatic rings. The molecule has 0 fully saturated rings. The van der Waals surface area contributed by atoms with Crippen molar-refractivity contribution in [2.45, 2.75) is 90.6 Å². The number of anilines is 1. The molecule has 2 aromatic carbocycles. The predicted molar refractivity (Wildman–Crippen MR) is 141 cm³/mol. The lowest BCUT2D eigenvalue weighted by Gasteiger charge is -2.38. The number of nitrogens with zero attached hydrogens (tertiary/aromatic N) is 2. The Morgan fingerprint density at radius 1 is 1.06 bits per heavy atom. The van der Waals surface area contributed by atoms with Crippen molar-refractivity contribution >= 4 is 11.6 Å². The van der Waals surface area contributed by atoms with Crippen molar-refractivity contribution in [2.75, 3.05) is 5.32 Å². The van der Waals surface area contributed by atoms with Gasteiger partial charge in [0, 0.05) is 11.8 Å². The Labute approximate surface area is 204 Å². The SMILES string of the molecule is CCc1ccc(C(CC)(CC)CC(=O)c2c(C)nn3c2N[C@@H](c2ccccc2)CC3(C)C)cc1. The Balaban J connectivity index is 1.71. The Morgan fingerprint density at radius 2 is 1.71 bits per heavy atom. The van der Waals surface area contributed by atoms with E-state index in [0.29, 0.717) is 6.42 Å². The fourth-order valence-corrected chi connectivity index (χ4v) is 5.62. The quantitative estimate of drug-likeness (QED) is 0.359. The zero-order valence-electron chi connectivity index (χ0n) is 21.6. The van der Waals surface area contributed by atoms with E-state index in [1.54, 1.807) is 0 Å². The number of ketones is 1. The van der Waals surface area contributed by atoms with Crippen LogP contribution >= 0.6 is 0 Å². The lowest BCUT2D eigenvalue weighted by Crippen LogP contribution is -2.38. The molecule has 0 amide bonds. The highest BCUT2D eigenvalue weighted by Crippen LogP contribution is 2.43. The molecule has 34 heavy (non-hydrogen) atoms. The van der Waals surface area contributed by atoms with Crippen LogP contribution in [0.4, 0.5) is 5.82 Å². The molecule has 4 nitrogen and oxygen atoms in total. The van der Waals surface area contributed by atoms with Crippen molar-refractivity contribution in [1.82, 2.24) is 9.78 Å². The van der Waals surface area contributed by atoms with Crippen LogP contribution in [0.5, 0.6) is 0 Å². The fourth-order valence-electron chi connectivity index (χ4n) is 5.62. The molecule has 3 aromatic rings. The summed E-state index contributed by atoms with van der Waals surface area (Å²) in [7, 11) is 0. The molecule has 1 aromatic heterocycles. The van der Waals surface area contributed by atoms with Crippen molar-refractivity contribution in [2.24, 2.45) is 0 Å². The first kappa shape index (κ1) is 24.3. The zero-order chi connectivity index (χ0) is 24.5. The monoisotopic (exact) mass is 457 g/mol. The summed E-state index contributed by atoms with van der Waals surface area (Å²) < 4.78 is 2.05. The minimum absolute atomic E-state index is 0.148. The molecule has 0 saturated heterocycles. The average molecular weight is 458 g/mol. The van der Waals surface area contributed by atoms with E-state index in [0.717, 1.165) is 42.8 Å². The first-order valence-electron chi connectivity index (χ1n) is 12.8. The van der Waals surface area contributed by atoms with Crippen molar-refractivity contribution in [3.8, 4) is 0 Å². The van der Waals surface area contributed by atoms with Gasteiger partial charge in [0.1, 0.15) is 5.82 Å². The molecule has 1 aliphatic heterocycles. The van der Waals surface area contributed by atoms with Gasteiger partial charge in [-0.2, -0.15) is 5.10 Å². The van der Waals surface area contributed by atoms with E-state index >= 15 is 0 Å². The van der Waals surface area contributed by atoms with E-state index < -0.39 is 0 Å². The maximum atomic E-state index is 14.0. The minimum Gasteiger partial charge on any atom is -0.363 e. The third kappa shape index (κ3) is 4.31. The summed E-state index contributed by atoms with van der Waals surface area (Å²) in [6.07, 6.45) is 4.28. The molecule has 0 aliphatic carbocycles. The summed E-state index contributed by atoms with van der Waals surface area (Å²) in [6.45, 7) is 13.0. The number of Topliss-reactive ketones (excluding diaryl/α,β-unsaturated/α-hetero) is 1. The van der Waals surface area contributed by atoms with Crippen molar-refractivity contribution in [3.05, 3.63) is 82.5 Å². The standard InChI is InChI=1S/C30H39N3O/c1-7-22-15-17-24(18-16-22)30(8-2,9-3)20-26(34)27-21(4)32-33-28(27)31-25(19-29(33,5)6)23-13-11-10-12-14-23/h10-18,25,31H,7-9,19-20H2,1-6H3/t25-/m1/s1. The van der Waals surface area contributed by atoms with Crippen LogP contribution in [-0.2, 0) is 17.4 Å². The highest BCUT2D eigenvalue weighted by atomic mass is 16.1. The Morgan fingerprint density at radius 3 is 2.29 bits per heavy atom. The van der Waals surface area contributed by atoms with Crippen LogP contribution in [0.1, 0.15) is 99.1 Å². The van der Waals surface area contributed by atoms with E-state index in [9.17, 15) is 4.79 Å². The summed E-state index contributed by atoms with van der Waals surface area (Å²) in [4.78, 5) is 14.0. The van der Waals surface area contributed by atoms with Crippen molar-refractivity contribution in [3.63, 3.8) is 0 Å². The molecule has 0 bridgehead atoms. The molecule has 0 radical (unpaired) electrons. The lowest BCUT2D eigenvalue weighted by atomic mass is 9.71. The summed E-state index contributed by atoms with van der Waals surface area (Å²) in [5.41, 5.74) is 5.04. The Hall–Kier alpha value is -2.88. The zero-order valence-corrected chi connectivity index (χ0v) is 21.6. The summed E-state index contributed by atoms with van der Waals surface area (Å²) in [6, 6.07) is 19.5. The second-order valence-electron chi connectivity index (χ2n) is 10.5. The van der Waals surface area contributed by atoms with Crippen molar-refractivity contribution in [1.29, 1.82) is 0 Å². The van der Waals surface area contributed by atoms with Gasteiger partial charge in [-0.25, -0.2) is 4.68 Å².